The van der Waals surface area contributed by atoms with Gasteiger partial charge in [0.2, 0.25) is 0 Å². The zero-order chi connectivity index (χ0) is 15.5. The molecule has 0 unspecified atom stereocenters. The summed E-state index contributed by atoms with van der Waals surface area (Å²) >= 11 is 6.01. The normalized spacial score (nSPS) is 10.4. The van der Waals surface area contributed by atoms with Crippen LogP contribution in [-0.2, 0) is 0 Å². The number of nitrogen functional groups attached to an aromatic ring is 1. The lowest BCUT2D eigenvalue weighted by Gasteiger charge is -2.06. The van der Waals surface area contributed by atoms with Crippen molar-refractivity contribution < 1.29 is 4.79 Å². The Morgan fingerprint density at radius 2 is 1.77 bits per heavy atom. The number of hydrogen-bond donors (Lipinski definition) is 2. The summed E-state index contributed by atoms with van der Waals surface area (Å²) in [4.78, 5) is 12.3. The van der Waals surface area contributed by atoms with Gasteiger partial charge in [0.25, 0.3) is 5.91 Å². The Morgan fingerprint density at radius 1 is 1.09 bits per heavy atom. The van der Waals surface area contributed by atoms with Crippen molar-refractivity contribution in [3.05, 3.63) is 65.3 Å². The van der Waals surface area contributed by atoms with Crippen molar-refractivity contribution >= 4 is 29.0 Å². The minimum atomic E-state index is -0.465. The lowest BCUT2D eigenvalue weighted by Crippen LogP contribution is -2.15. The van der Waals surface area contributed by atoms with Crippen LogP contribution in [0.3, 0.4) is 0 Å². The standard InChI is InChI=1S/C15H12ClN5O/c16-11-8-4-5-9-12(11)18-15(22)13-14(17)21(20-19-13)10-6-2-1-3-7-10/h1-9H,17H2,(H,18,22). The van der Waals surface area contributed by atoms with Crippen LogP contribution in [0.15, 0.2) is 54.6 Å². The average molecular weight is 314 g/mol. The molecule has 22 heavy (non-hydrogen) atoms. The highest BCUT2D eigenvalue weighted by atomic mass is 35.5. The van der Waals surface area contributed by atoms with Crippen LogP contribution in [0.4, 0.5) is 11.5 Å². The maximum absolute atomic E-state index is 12.3. The molecule has 1 heterocycles. The van der Waals surface area contributed by atoms with Gasteiger partial charge in [-0.1, -0.05) is 47.1 Å². The Labute approximate surface area is 131 Å². The molecular formula is C15H12ClN5O. The van der Waals surface area contributed by atoms with Crippen molar-refractivity contribution in [2.75, 3.05) is 11.1 Å². The molecule has 3 rings (SSSR count). The van der Waals surface area contributed by atoms with E-state index in [1.165, 1.54) is 4.68 Å². The summed E-state index contributed by atoms with van der Waals surface area (Å²) < 4.78 is 1.40. The molecule has 1 aromatic heterocycles. The zero-order valence-electron chi connectivity index (χ0n) is 11.4. The molecular weight excluding hydrogens is 302 g/mol. The van der Waals surface area contributed by atoms with Crippen LogP contribution < -0.4 is 11.1 Å². The highest BCUT2D eigenvalue weighted by Crippen LogP contribution is 2.22. The summed E-state index contributed by atoms with van der Waals surface area (Å²) in [6.45, 7) is 0. The third-order valence-corrected chi connectivity index (χ3v) is 3.37. The zero-order valence-corrected chi connectivity index (χ0v) is 12.2. The lowest BCUT2D eigenvalue weighted by molar-refractivity contribution is 0.102. The van der Waals surface area contributed by atoms with E-state index in [0.29, 0.717) is 10.7 Å². The summed E-state index contributed by atoms with van der Waals surface area (Å²) in [6.07, 6.45) is 0. The number of amides is 1. The van der Waals surface area contributed by atoms with Gasteiger partial charge in [0.05, 0.1) is 16.4 Å². The van der Waals surface area contributed by atoms with Crippen LogP contribution in [0.1, 0.15) is 10.5 Å². The molecule has 0 bridgehead atoms. The molecule has 2 aromatic carbocycles. The van der Waals surface area contributed by atoms with Crippen LogP contribution in [0.5, 0.6) is 0 Å². The van der Waals surface area contributed by atoms with Crippen molar-refractivity contribution in [2.45, 2.75) is 0 Å². The highest BCUT2D eigenvalue weighted by molar-refractivity contribution is 6.33. The van der Waals surface area contributed by atoms with Gasteiger partial charge in [-0.25, -0.2) is 0 Å². The number of aromatic nitrogens is 3. The second kappa shape index (κ2) is 5.87. The van der Waals surface area contributed by atoms with Gasteiger partial charge in [0.15, 0.2) is 11.5 Å². The molecule has 3 N–H and O–H groups in total. The van der Waals surface area contributed by atoms with Crippen molar-refractivity contribution in [3.8, 4) is 5.69 Å². The Morgan fingerprint density at radius 3 is 2.50 bits per heavy atom. The van der Waals surface area contributed by atoms with E-state index in [9.17, 15) is 4.79 Å². The molecule has 0 fully saturated rings. The first-order valence-electron chi connectivity index (χ1n) is 6.49. The minimum Gasteiger partial charge on any atom is -0.382 e. The smallest absolute Gasteiger partial charge is 0.280 e. The monoisotopic (exact) mass is 313 g/mol. The fourth-order valence-electron chi connectivity index (χ4n) is 1.95. The number of benzene rings is 2. The summed E-state index contributed by atoms with van der Waals surface area (Å²) in [5.41, 5.74) is 7.23. The Bertz CT molecular complexity index is 816. The third-order valence-electron chi connectivity index (χ3n) is 3.04. The topological polar surface area (TPSA) is 85.8 Å². The maximum Gasteiger partial charge on any atom is 0.280 e. The number of halogens is 1. The van der Waals surface area contributed by atoms with E-state index >= 15 is 0 Å². The molecule has 0 radical (unpaired) electrons. The van der Waals surface area contributed by atoms with E-state index in [1.54, 1.807) is 24.3 Å². The number of hydrogen-bond acceptors (Lipinski definition) is 4. The number of nitrogens with zero attached hydrogens (tertiary/aromatic N) is 3. The molecule has 110 valence electrons. The Balaban J connectivity index is 1.89. The van der Waals surface area contributed by atoms with Gasteiger partial charge in [0.1, 0.15) is 0 Å². The largest absolute Gasteiger partial charge is 0.382 e. The Hall–Kier alpha value is -2.86. The molecule has 0 aliphatic carbocycles. The number of nitrogens with two attached hydrogens (primary N) is 1. The van der Waals surface area contributed by atoms with Gasteiger partial charge in [-0.2, -0.15) is 4.68 Å². The third kappa shape index (κ3) is 2.64. The van der Waals surface area contributed by atoms with E-state index in [1.807, 2.05) is 30.3 Å². The predicted octanol–water partition coefficient (Wildman–Crippen LogP) is 2.76. The number of para-hydroxylation sites is 2. The van der Waals surface area contributed by atoms with E-state index < -0.39 is 5.91 Å². The molecule has 0 aliphatic heterocycles. The number of rotatable bonds is 3. The SMILES string of the molecule is Nc1c(C(=O)Nc2ccccc2Cl)nnn1-c1ccccc1. The molecule has 0 saturated carbocycles. The van der Waals surface area contributed by atoms with E-state index in [2.05, 4.69) is 15.6 Å². The van der Waals surface area contributed by atoms with E-state index in [-0.39, 0.29) is 11.5 Å². The van der Waals surface area contributed by atoms with Gasteiger partial charge in [-0.15, -0.1) is 5.10 Å². The van der Waals surface area contributed by atoms with Crippen LogP contribution in [-0.4, -0.2) is 20.9 Å². The van der Waals surface area contributed by atoms with Crippen molar-refractivity contribution in [2.24, 2.45) is 0 Å². The number of nitrogens with one attached hydrogen (secondary N) is 1. The van der Waals surface area contributed by atoms with Gasteiger partial charge >= 0.3 is 0 Å². The van der Waals surface area contributed by atoms with Gasteiger partial charge < -0.3 is 11.1 Å². The fraction of sp³-hybridized carbons (Fsp3) is 0. The van der Waals surface area contributed by atoms with Crippen LogP contribution in [0.25, 0.3) is 5.69 Å². The van der Waals surface area contributed by atoms with Gasteiger partial charge in [-0.05, 0) is 24.3 Å². The summed E-state index contributed by atoms with van der Waals surface area (Å²) in [6, 6.07) is 16.1. The molecule has 3 aromatic rings. The van der Waals surface area contributed by atoms with Gasteiger partial charge in [0, 0.05) is 0 Å². The summed E-state index contributed by atoms with van der Waals surface area (Å²) in [7, 11) is 0. The molecule has 0 spiro atoms. The number of carbonyl (C=O) groups is 1. The lowest BCUT2D eigenvalue weighted by atomic mass is 10.3. The van der Waals surface area contributed by atoms with Crippen molar-refractivity contribution in [1.29, 1.82) is 0 Å². The van der Waals surface area contributed by atoms with Crippen LogP contribution in [0, 0.1) is 0 Å². The highest BCUT2D eigenvalue weighted by Gasteiger charge is 2.19. The van der Waals surface area contributed by atoms with Gasteiger partial charge in [-0.3, -0.25) is 4.79 Å². The first-order chi connectivity index (χ1) is 10.7. The molecule has 1 amide bonds. The molecule has 0 aliphatic rings. The van der Waals surface area contributed by atoms with Crippen LogP contribution >= 0.6 is 11.6 Å². The molecule has 0 atom stereocenters. The fourth-order valence-corrected chi connectivity index (χ4v) is 2.14. The Kier molecular flexibility index (Phi) is 3.76. The molecule has 7 heteroatoms. The van der Waals surface area contributed by atoms with E-state index in [4.69, 9.17) is 17.3 Å². The second-order valence-electron chi connectivity index (χ2n) is 4.50. The summed E-state index contributed by atoms with van der Waals surface area (Å²) in [5.74, 6) is -0.302. The second-order valence-corrected chi connectivity index (χ2v) is 4.91. The first-order valence-corrected chi connectivity index (χ1v) is 6.87. The predicted molar refractivity (Wildman–Crippen MR) is 85.2 cm³/mol. The number of carbonyl (C=O) groups excluding carboxylic acids is 1. The first kappa shape index (κ1) is 14.1. The van der Waals surface area contributed by atoms with Crippen molar-refractivity contribution in [1.82, 2.24) is 15.0 Å². The van der Waals surface area contributed by atoms with Crippen molar-refractivity contribution in [3.63, 3.8) is 0 Å². The minimum absolute atomic E-state index is 0.0452. The maximum atomic E-state index is 12.3. The number of anilines is 2. The summed E-state index contributed by atoms with van der Waals surface area (Å²) in [5, 5.41) is 10.9. The molecule has 6 nitrogen and oxygen atoms in total. The quantitative estimate of drug-likeness (QED) is 0.778. The van der Waals surface area contributed by atoms with E-state index in [0.717, 1.165) is 5.69 Å². The van der Waals surface area contributed by atoms with Crippen LogP contribution in [0.2, 0.25) is 5.02 Å². The average Bonchev–Trinajstić information content (AvgIpc) is 2.92. The molecule has 0 saturated heterocycles.